The number of ether oxygens (including phenoxy) is 1. The summed E-state index contributed by atoms with van der Waals surface area (Å²) in [6, 6.07) is 6.61. The van der Waals surface area contributed by atoms with Gasteiger partial charge in [-0.25, -0.2) is 4.79 Å². The van der Waals surface area contributed by atoms with Gasteiger partial charge in [-0.2, -0.15) is 0 Å². The number of allylic oxidation sites excluding steroid dienone is 3. The van der Waals surface area contributed by atoms with Crippen LogP contribution < -0.4 is 10.6 Å². The number of hydrogen-bond donors (Lipinski definition) is 2. The van der Waals surface area contributed by atoms with E-state index in [0.717, 1.165) is 0 Å². The SMILES string of the molecule is C/C=C/C=C/C(=O)O[C@H](C)C(=O)Nc1ccc(NC(C)=O)cc1. The highest BCUT2D eigenvalue weighted by Gasteiger charge is 2.16. The quantitative estimate of drug-likeness (QED) is 0.480. The molecule has 0 bridgehead atoms. The molecule has 0 radical (unpaired) electrons. The van der Waals surface area contributed by atoms with Crippen LogP contribution in [-0.4, -0.2) is 23.9 Å². The first-order valence-electron chi connectivity index (χ1n) is 7.11. The van der Waals surface area contributed by atoms with Gasteiger partial charge in [0.25, 0.3) is 5.91 Å². The van der Waals surface area contributed by atoms with Crippen molar-refractivity contribution in [3.05, 3.63) is 48.6 Å². The molecule has 0 aliphatic carbocycles. The molecule has 1 atom stereocenters. The van der Waals surface area contributed by atoms with Crippen LogP contribution >= 0.6 is 0 Å². The van der Waals surface area contributed by atoms with Crippen molar-refractivity contribution in [2.24, 2.45) is 0 Å². The minimum Gasteiger partial charge on any atom is -0.449 e. The van der Waals surface area contributed by atoms with Crippen LogP contribution in [0.25, 0.3) is 0 Å². The molecular weight excluding hydrogens is 296 g/mol. The summed E-state index contributed by atoms with van der Waals surface area (Å²) in [4.78, 5) is 34.3. The predicted octanol–water partition coefficient (Wildman–Crippen LogP) is 2.65. The predicted molar refractivity (Wildman–Crippen MR) is 88.9 cm³/mol. The fourth-order valence-corrected chi connectivity index (χ4v) is 1.60. The molecule has 1 aromatic carbocycles. The van der Waals surface area contributed by atoms with Crippen LogP contribution in [0.2, 0.25) is 0 Å². The molecule has 0 heterocycles. The minimum atomic E-state index is -0.923. The lowest BCUT2D eigenvalue weighted by atomic mass is 10.2. The van der Waals surface area contributed by atoms with Crippen molar-refractivity contribution >= 4 is 29.2 Å². The third-order valence-electron chi connectivity index (χ3n) is 2.67. The van der Waals surface area contributed by atoms with Crippen LogP contribution in [0.15, 0.2) is 48.6 Å². The van der Waals surface area contributed by atoms with E-state index in [2.05, 4.69) is 10.6 Å². The maximum Gasteiger partial charge on any atom is 0.331 e. The van der Waals surface area contributed by atoms with Crippen molar-refractivity contribution in [3.8, 4) is 0 Å². The van der Waals surface area contributed by atoms with Crippen molar-refractivity contribution in [1.82, 2.24) is 0 Å². The summed E-state index contributed by atoms with van der Waals surface area (Å²) < 4.78 is 4.98. The maximum absolute atomic E-state index is 11.9. The summed E-state index contributed by atoms with van der Waals surface area (Å²) in [5, 5.41) is 5.25. The molecule has 6 nitrogen and oxygen atoms in total. The first kappa shape index (κ1) is 18.2. The molecule has 0 saturated carbocycles. The Morgan fingerprint density at radius 3 is 2.13 bits per heavy atom. The van der Waals surface area contributed by atoms with E-state index in [9.17, 15) is 14.4 Å². The lowest BCUT2D eigenvalue weighted by Crippen LogP contribution is -2.29. The van der Waals surface area contributed by atoms with Crippen molar-refractivity contribution in [1.29, 1.82) is 0 Å². The third kappa shape index (κ3) is 7.08. The molecule has 2 N–H and O–H groups in total. The highest BCUT2D eigenvalue weighted by molar-refractivity contribution is 5.96. The second-order valence-electron chi connectivity index (χ2n) is 4.71. The molecule has 6 heteroatoms. The van der Waals surface area contributed by atoms with E-state index in [-0.39, 0.29) is 5.91 Å². The van der Waals surface area contributed by atoms with Gasteiger partial charge in [0.05, 0.1) is 0 Å². The van der Waals surface area contributed by atoms with Crippen LogP contribution in [0.3, 0.4) is 0 Å². The molecule has 0 spiro atoms. The van der Waals surface area contributed by atoms with E-state index in [1.807, 2.05) is 6.92 Å². The van der Waals surface area contributed by atoms with Crippen LogP contribution in [0.5, 0.6) is 0 Å². The number of carbonyl (C=O) groups is 3. The van der Waals surface area contributed by atoms with Gasteiger partial charge in [0, 0.05) is 24.4 Å². The average molecular weight is 316 g/mol. The Labute approximate surface area is 135 Å². The largest absolute Gasteiger partial charge is 0.449 e. The average Bonchev–Trinajstić information content (AvgIpc) is 2.49. The van der Waals surface area contributed by atoms with Crippen LogP contribution in [0.4, 0.5) is 11.4 Å². The third-order valence-corrected chi connectivity index (χ3v) is 2.67. The molecule has 2 amide bonds. The molecule has 23 heavy (non-hydrogen) atoms. The number of benzene rings is 1. The van der Waals surface area contributed by atoms with Crippen LogP contribution in [0, 0.1) is 0 Å². The van der Waals surface area contributed by atoms with Gasteiger partial charge in [-0.3, -0.25) is 9.59 Å². The molecule has 0 aliphatic rings. The Balaban J connectivity index is 2.54. The smallest absolute Gasteiger partial charge is 0.331 e. The van der Waals surface area contributed by atoms with Crippen molar-refractivity contribution in [2.75, 3.05) is 10.6 Å². The monoisotopic (exact) mass is 316 g/mol. The van der Waals surface area contributed by atoms with Gasteiger partial charge in [0.2, 0.25) is 5.91 Å². The topological polar surface area (TPSA) is 84.5 Å². The fourth-order valence-electron chi connectivity index (χ4n) is 1.60. The van der Waals surface area contributed by atoms with Gasteiger partial charge in [-0.1, -0.05) is 18.2 Å². The molecule has 0 fully saturated rings. The van der Waals surface area contributed by atoms with Gasteiger partial charge in [0.1, 0.15) is 0 Å². The highest BCUT2D eigenvalue weighted by atomic mass is 16.5. The summed E-state index contributed by atoms with van der Waals surface area (Å²) in [5.74, 6) is -1.20. The van der Waals surface area contributed by atoms with Gasteiger partial charge >= 0.3 is 5.97 Å². The van der Waals surface area contributed by atoms with Crippen molar-refractivity contribution < 1.29 is 19.1 Å². The van der Waals surface area contributed by atoms with E-state index in [1.165, 1.54) is 26.0 Å². The number of nitrogens with one attached hydrogen (secondary N) is 2. The molecular formula is C17H20N2O4. The summed E-state index contributed by atoms with van der Waals surface area (Å²) >= 11 is 0. The molecule has 0 aliphatic heterocycles. The molecule has 0 saturated heterocycles. The lowest BCUT2D eigenvalue weighted by molar-refractivity contribution is -0.148. The van der Waals surface area contributed by atoms with E-state index in [1.54, 1.807) is 36.4 Å². The number of hydrogen-bond acceptors (Lipinski definition) is 4. The van der Waals surface area contributed by atoms with Gasteiger partial charge in [0.15, 0.2) is 6.10 Å². The summed E-state index contributed by atoms with van der Waals surface area (Å²) in [7, 11) is 0. The Morgan fingerprint density at radius 2 is 1.61 bits per heavy atom. The minimum absolute atomic E-state index is 0.173. The molecule has 0 aromatic heterocycles. The van der Waals surface area contributed by atoms with Crippen molar-refractivity contribution in [2.45, 2.75) is 26.9 Å². The standard InChI is InChI=1S/C17H20N2O4/c1-4-5-6-7-16(21)23-12(2)17(22)19-15-10-8-14(9-11-15)18-13(3)20/h4-12H,1-3H3,(H,18,20)(H,19,22)/b5-4+,7-6+/t12-/m1/s1. The Kier molecular flexibility index (Phi) is 7.26. The summed E-state index contributed by atoms with van der Waals surface area (Å²) in [5.41, 5.74) is 1.17. The number of esters is 1. The molecule has 122 valence electrons. The zero-order valence-electron chi connectivity index (χ0n) is 13.3. The van der Waals surface area contributed by atoms with E-state index in [4.69, 9.17) is 4.74 Å². The Bertz CT molecular complexity index is 618. The highest BCUT2D eigenvalue weighted by Crippen LogP contribution is 2.14. The van der Waals surface area contributed by atoms with Crippen molar-refractivity contribution in [3.63, 3.8) is 0 Å². The lowest BCUT2D eigenvalue weighted by Gasteiger charge is -2.12. The first-order chi connectivity index (χ1) is 10.9. The number of amides is 2. The summed E-state index contributed by atoms with van der Waals surface area (Å²) in [6.07, 6.45) is 5.31. The summed E-state index contributed by atoms with van der Waals surface area (Å²) in [6.45, 7) is 4.72. The second-order valence-corrected chi connectivity index (χ2v) is 4.71. The Hall–Kier alpha value is -2.89. The second kappa shape index (κ2) is 9.19. The maximum atomic E-state index is 11.9. The van der Waals surface area contributed by atoms with Gasteiger partial charge < -0.3 is 15.4 Å². The van der Waals surface area contributed by atoms with E-state index in [0.29, 0.717) is 11.4 Å². The van der Waals surface area contributed by atoms with Crippen LogP contribution in [0.1, 0.15) is 20.8 Å². The molecule has 0 unspecified atom stereocenters. The zero-order valence-corrected chi connectivity index (χ0v) is 13.3. The normalized spacial score (nSPS) is 12.1. The molecule has 1 aromatic rings. The van der Waals surface area contributed by atoms with E-state index >= 15 is 0 Å². The van der Waals surface area contributed by atoms with E-state index < -0.39 is 18.0 Å². The Morgan fingerprint density at radius 1 is 1.04 bits per heavy atom. The zero-order chi connectivity index (χ0) is 17.2. The number of carbonyl (C=O) groups excluding carboxylic acids is 3. The van der Waals surface area contributed by atoms with Crippen LogP contribution in [-0.2, 0) is 19.1 Å². The van der Waals surface area contributed by atoms with Gasteiger partial charge in [-0.05, 0) is 38.1 Å². The first-order valence-corrected chi connectivity index (χ1v) is 7.11. The molecule has 1 rings (SSSR count). The number of anilines is 2. The van der Waals surface area contributed by atoms with Gasteiger partial charge in [-0.15, -0.1) is 0 Å². The number of rotatable bonds is 6. The fraction of sp³-hybridized carbons (Fsp3) is 0.235.